The number of benzene rings is 2. The number of carbonyl (C=O) groups excluding carboxylic acids is 2. The smallest absolute Gasteiger partial charge is 0.308 e. The summed E-state index contributed by atoms with van der Waals surface area (Å²) in [4.78, 5) is 29.9. The molecule has 1 amide bonds. The van der Waals surface area contributed by atoms with Crippen molar-refractivity contribution in [3.05, 3.63) is 108 Å². The maximum atomic E-state index is 14.0. The fraction of sp³-hybridized carbons (Fsp3) is 0.265. The van der Waals surface area contributed by atoms with Gasteiger partial charge in [0.2, 0.25) is 0 Å². The van der Waals surface area contributed by atoms with Gasteiger partial charge in [-0.1, -0.05) is 36.4 Å². The molecule has 4 rings (SSSR count). The second-order valence-corrected chi connectivity index (χ2v) is 10.6. The zero-order valence-electron chi connectivity index (χ0n) is 24.7. The Kier molecular flexibility index (Phi) is 10.8. The number of hydrogen-bond acceptors (Lipinski definition) is 6. The SMILES string of the molecule is COC(=O)C[C@H](O)C[C@H](O)/C=C/c1c(-c2ccc(F)cc2)c(-c2ccc(F)cc2)c(C(=O)NCc2ccccn2)n1C(C)C. The van der Waals surface area contributed by atoms with E-state index in [0.29, 0.717) is 33.6 Å². The van der Waals surface area contributed by atoms with Gasteiger partial charge in [-0.3, -0.25) is 14.6 Å². The molecule has 3 N–H and O–H groups in total. The molecule has 4 aromatic rings. The van der Waals surface area contributed by atoms with Gasteiger partial charge in [0.15, 0.2) is 0 Å². The number of aliphatic hydroxyl groups is 2. The molecule has 0 aliphatic heterocycles. The van der Waals surface area contributed by atoms with Crippen LogP contribution in [0.4, 0.5) is 8.78 Å². The minimum atomic E-state index is -1.15. The van der Waals surface area contributed by atoms with Crippen molar-refractivity contribution in [1.82, 2.24) is 14.9 Å². The molecule has 0 bridgehead atoms. The standard InChI is InChI=1S/C34H35F2N3O5/c1-21(2)39-29(16-15-27(40)18-28(41)19-30(42)44-3)31(22-7-11-24(35)12-8-22)32(23-9-13-25(36)14-10-23)33(39)34(43)38-20-26-6-4-5-17-37-26/h4-17,21,27-28,40-41H,18-20H2,1-3H3,(H,38,43)/b16-15+/t27-,28-/m1/s1. The number of aromatic nitrogens is 2. The van der Waals surface area contributed by atoms with Gasteiger partial charge in [0, 0.05) is 35.5 Å². The third-order valence-corrected chi connectivity index (χ3v) is 7.02. The van der Waals surface area contributed by atoms with E-state index >= 15 is 0 Å². The number of aliphatic hydroxyl groups excluding tert-OH is 2. The van der Waals surface area contributed by atoms with Crippen LogP contribution in [-0.2, 0) is 16.1 Å². The Hall–Kier alpha value is -4.67. The predicted molar refractivity (Wildman–Crippen MR) is 163 cm³/mol. The molecule has 0 saturated heterocycles. The molecule has 8 nitrogen and oxygen atoms in total. The van der Waals surface area contributed by atoms with Crippen molar-refractivity contribution in [1.29, 1.82) is 0 Å². The van der Waals surface area contributed by atoms with Crippen LogP contribution in [0.5, 0.6) is 0 Å². The molecule has 0 fully saturated rings. The molecule has 230 valence electrons. The number of nitrogens with one attached hydrogen (secondary N) is 1. The predicted octanol–water partition coefficient (Wildman–Crippen LogP) is 5.69. The van der Waals surface area contributed by atoms with Gasteiger partial charge in [0.1, 0.15) is 17.3 Å². The highest BCUT2D eigenvalue weighted by Gasteiger charge is 2.29. The van der Waals surface area contributed by atoms with Crippen LogP contribution in [0.2, 0.25) is 0 Å². The van der Waals surface area contributed by atoms with E-state index in [9.17, 15) is 28.6 Å². The average molecular weight is 604 g/mol. The molecule has 0 aliphatic rings. The van der Waals surface area contributed by atoms with Crippen molar-refractivity contribution in [2.75, 3.05) is 7.11 Å². The van der Waals surface area contributed by atoms with Crippen molar-refractivity contribution in [2.45, 2.75) is 51.5 Å². The van der Waals surface area contributed by atoms with Crippen LogP contribution < -0.4 is 5.32 Å². The molecule has 0 spiro atoms. The monoisotopic (exact) mass is 603 g/mol. The van der Waals surface area contributed by atoms with E-state index in [-0.39, 0.29) is 31.1 Å². The molecule has 10 heteroatoms. The molecule has 2 aromatic heterocycles. The summed E-state index contributed by atoms with van der Waals surface area (Å²) >= 11 is 0. The van der Waals surface area contributed by atoms with E-state index in [0.717, 1.165) is 0 Å². The van der Waals surface area contributed by atoms with Gasteiger partial charge in [-0.25, -0.2) is 8.78 Å². The Bertz CT molecular complexity index is 1600. The number of carbonyl (C=O) groups is 2. The minimum absolute atomic E-state index is 0.137. The van der Waals surface area contributed by atoms with Gasteiger partial charge in [-0.2, -0.15) is 0 Å². The Balaban J connectivity index is 1.90. The largest absolute Gasteiger partial charge is 0.469 e. The maximum absolute atomic E-state index is 14.0. The third kappa shape index (κ3) is 7.83. The number of hydrogen-bond donors (Lipinski definition) is 3. The number of pyridine rings is 1. The van der Waals surface area contributed by atoms with E-state index < -0.39 is 35.7 Å². The normalized spacial score (nSPS) is 12.8. The molecule has 0 unspecified atom stereocenters. The van der Waals surface area contributed by atoms with Crippen LogP contribution in [0.25, 0.3) is 28.3 Å². The number of rotatable bonds is 12. The number of methoxy groups -OCH3 is 1. The average Bonchev–Trinajstić information content (AvgIpc) is 3.35. The highest BCUT2D eigenvalue weighted by Crippen LogP contribution is 2.42. The fourth-order valence-corrected chi connectivity index (χ4v) is 5.01. The number of ether oxygens (including phenoxy) is 1. The van der Waals surface area contributed by atoms with Crippen molar-refractivity contribution in [2.24, 2.45) is 0 Å². The van der Waals surface area contributed by atoms with Crippen LogP contribution >= 0.6 is 0 Å². The number of halogens is 2. The first-order chi connectivity index (χ1) is 21.1. The lowest BCUT2D eigenvalue weighted by atomic mass is 9.94. The Labute approximate surface area is 254 Å². The number of amides is 1. The van der Waals surface area contributed by atoms with Crippen LogP contribution in [0.15, 0.2) is 79.0 Å². The van der Waals surface area contributed by atoms with Crippen LogP contribution in [0.1, 0.15) is 54.6 Å². The molecule has 2 aromatic carbocycles. The molecule has 0 saturated carbocycles. The Morgan fingerprint density at radius 3 is 2.11 bits per heavy atom. The second kappa shape index (κ2) is 14.7. The number of esters is 1. The van der Waals surface area contributed by atoms with E-state index in [1.54, 1.807) is 53.2 Å². The summed E-state index contributed by atoms with van der Waals surface area (Å²) in [6.07, 6.45) is 2.02. The van der Waals surface area contributed by atoms with Crippen molar-refractivity contribution >= 4 is 18.0 Å². The number of nitrogens with zero attached hydrogens (tertiary/aromatic N) is 2. The van der Waals surface area contributed by atoms with Crippen LogP contribution in [-0.4, -0.2) is 51.0 Å². The fourth-order valence-electron chi connectivity index (χ4n) is 5.01. The lowest BCUT2D eigenvalue weighted by molar-refractivity contribution is -0.143. The van der Waals surface area contributed by atoms with Gasteiger partial charge in [0.05, 0.1) is 38.0 Å². The summed E-state index contributed by atoms with van der Waals surface area (Å²) in [5, 5.41) is 23.9. The first kappa shape index (κ1) is 32.2. The van der Waals surface area contributed by atoms with E-state index in [1.165, 1.54) is 37.5 Å². The molecule has 44 heavy (non-hydrogen) atoms. The van der Waals surface area contributed by atoms with Crippen molar-refractivity contribution in [3.63, 3.8) is 0 Å². The lowest BCUT2D eigenvalue weighted by Gasteiger charge is -2.17. The molecule has 2 atom stereocenters. The summed E-state index contributed by atoms with van der Waals surface area (Å²) in [5.41, 5.74) is 3.65. The van der Waals surface area contributed by atoms with E-state index in [4.69, 9.17) is 0 Å². The highest BCUT2D eigenvalue weighted by atomic mass is 19.1. The van der Waals surface area contributed by atoms with Gasteiger partial charge in [-0.15, -0.1) is 0 Å². The third-order valence-electron chi connectivity index (χ3n) is 7.02. The van der Waals surface area contributed by atoms with Gasteiger partial charge >= 0.3 is 5.97 Å². The first-order valence-corrected chi connectivity index (χ1v) is 14.2. The zero-order chi connectivity index (χ0) is 31.8. The Morgan fingerprint density at radius 1 is 0.955 bits per heavy atom. The molecule has 0 radical (unpaired) electrons. The summed E-state index contributed by atoms with van der Waals surface area (Å²) < 4.78 is 34.5. The van der Waals surface area contributed by atoms with Crippen LogP contribution in [0, 0.1) is 11.6 Å². The summed E-state index contributed by atoms with van der Waals surface area (Å²) in [7, 11) is 1.21. The van der Waals surface area contributed by atoms with E-state index in [1.807, 2.05) is 19.9 Å². The minimum Gasteiger partial charge on any atom is -0.469 e. The second-order valence-electron chi connectivity index (χ2n) is 10.6. The topological polar surface area (TPSA) is 114 Å². The molecule has 2 heterocycles. The Morgan fingerprint density at radius 2 is 1.57 bits per heavy atom. The van der Waals surface area contributed by atoms with E-state index in [2.05, 4.69) is 15.0 Å². The highest BCUT2D eigenvalue weighted by molar-refractivity contribution is 6.06. The molecular weight excluding hydrogens is 568 g/mol. The van der Waals surface area contributed by atoms with Crippen molar-refractivity contribution in [3.8, 4) is 22.3 Å². The summed E-state index contributed by atoms with van der Waals surface area (Å²) in [6.45, 7) is 3.94. The first-order valence-electron chi connectivity index (χ1n) is 14.2. The lowest BCUT2D eigenvalue weighted by Crippen LogP contribution is -2.27. The maximum Gasteiger partial charge on any atom is 0.308 e. The zero-order valence-corrected chi connectivity index (χ0v) is 24.7. The quantitative estimate of drug-likeness (QED) is 0.179. The molecule has 0 aliphatic carbocycles. The molecular formula is C34H35F2N3O5. The summed E-state index contributed by atoms with van der Waals surface area (Å²) in [6, 6.07) is 16.6. The van der Waals surface area contributed by atoms with Gasteiger partial charge in [-0.05, 0) is 67.4 Å². The van der Waals surface area contributed by atoms with Crippen LogP contribution in [0.3, 0.4) is 0 Å². The van der Waals surface area contributed by atoms with Gasteiger partial charge < -0.3 is 24.8 Å². The van der Waals surface area contributed by atoms with Gasteiger partial charge in [0.25, 0.3) is 5.91 Å². The summed E-state index contributed by atoms with van der Waals surface area (Å²) in [5.74, 6) is -1.91. The van der Waals surface area contributed by atoms with Crippen molar-refractivity contribution < 1.29 is 33.3 Å².